The largest absolute Gasteiger partial charge is 0.314 e. The highest BCUT2D eigenvalue weighted by atomic mass is 35.5. The molecule has 0 spiro atoms. The number of nitrogens with one attached hydrogen (secondary N) is 1. The zero-order chi connectivity index (χ0) is 12.1. The summed E-state index contributed by atoms with van der Waals surface area (Å²) < 4.78 is 13.8. The summed E-state index contributed by atoms with van der Waals surface area (Å²) in [6.07, 6.45) is 2.67. The lowest BCUT2D eigenvalue weighted by Crippen LogP contribution is -2.45. The molecule has 1 aliphatic rings. The van der Waals surface area contributed by atoms with Crippen molar-refractivity contribution in [2.45, 2.75) is 12.5 Å². The van der Waals surface area contributed by atoms with E-state index in [9.17, 15) is 4.39 Å². The average molecular weight is 271 g/mol. The van der Waals surface area contributed by atoms with Gasteiger partial charge in [0.05, 0.1) is 0 Å². The van der Waals surface area contributed by atoms with Crippen LogP contribution in [0.1, 0.15) is 18.0 Å². The Morgan fingerprint density at radius 2 is 2.00 bits per heavy atom. The van der Waals surface area contributed by atoms with Crippen LogP contribution >= 0.6 is 12.4 Å². The standard InChI is InChI=1S/C14H19FN2.ClH/c1-2-5-14(17-10-8-16-9-11-17)12-6-3-4-7-13(12)15;/h2-4,6-7,14,16H,1,5,8-11H2;1H/t14-;/m0./s1. The van der Waals surface area contributed by atoms with Gasteiger partial charge in [-0.2, -0.15) is 0 Å². The molecule has 1 saturated heterocycles. The molecule has 0 unspecified atom stereocenters. The highest BCUT2D eigenvalue weighted by Crippen LogP contribution is 2.26. The van der Waals surface area contributed by atoms with Crippen molar-refractivity contribution < 1.29 is 4.39 Å². The number of halogens is 2. The Bertz CT molecular complexity index is 378. The summed E-state index contributed by atoms with van der Waals surface area (Å²) in [5.74, 6) is -0.113. The van der Waals surface area contributed by atoms with Gasteiger partial charge in [0.25, 0.3) is 0 Å². The van der Waals surface area contributed by atoms with E-state index in [1.165, 1.54) is 6.07 Å². The normalized spacial score (nSPS) is 17.8. The molecule has 1 heterocycles. The van der Waals surface area contributed by atoms with Gasteiger partial charge in [-0.25, -0.2) is 4.39 Å². The molecule has 0 aliphatic carbocycles. The van der Waals surface area contributed by atoms with Gasteiger partial charge in [0, 0.05) is 37.8 Å². The third-order valence-corrected chi connectivity index (χ3v) is 3.25. The lowest BCUT2D eigenvalue weighted by molar-refractivity contribution is 0.171. The van der Waals surface area contributed by atoms with Crippen molar-refractivity contribution in [1.82, 2.24) is 10.2 Å². The minimum absolute atomic E-state index is 0. The average Bonchev–Trinajstić information content (AvgIpc) is 2.38. The van der Waals surface area contributed by atoms with Gasteiger partial charge in [-0.15, -0.1) is 19.0 Å². The molecule has 0 radical (unpaired) electrons. The Morgan fingerprint density at radius 3 is 2.61 bits per heavy atom. The molecule has 1 fully saturated rings. The Balaban J connectivity index is 0.00000162. The van der Waals surface area contributed by atoms with E-state index in [0.29, 0.717) is 0 Å². The molecule has 1 aromatic carbocycles. The van der Waals surface area contributed by atoms with Crippen molar-refractivity contribution >= 4 is 12.4 Å². The van der Waals surface area contributed by atoms with Crippen molar-refractivity contribution in [3.8, 4) is 0 Å². The van der Waals surface area contributed by atoms with Gasteiger partial charge in [-0.3, -0.25) is 4.90 Å². The highest BCUT2D eigenvalue weighted by Gasteiger charge is 2.22. The van der Waals surface area contributed by atoms with Gasteiger partial charge >= 0.3 is 0 Å². The summed E-state index contributed by atoms with van der Waals surface area (Å²) in [5, 5.41) is 3.32. The molecule has 2 rings (SSSR count). The zero-order valence-corrected chi connectivity index (χ0v) is 11.3. The summed E-state index contributed by atoms with van der Waals surface area (Å²) in [7, 11) is 0. The molecule has 1 aliphatic heterocycles. The van der Waals surface area contributed by atoms with Crippen LogP contribution in [-0.4, -0.2) is 31.1 Å². The Kier molecular flexibility index (Phi) is 6.33. The lowest BCUT2D eigenvalue weighted by Gasteiger charge is -2.34. The molecule has 0 aromatic heterocycles. The van der Waals surface area contributed by atoms with Crippen LogP contribution in [0, 0.1) is 5.82 Å². The summed E-state index contributed by atoms with van der Waals surface area (Å²) in [6.45, 7) is 7.66. The number of benzene rings is 1. The maximum Gasteiger partial charge on any atom is 0.127 e. The number of piperazine rings is 1. The molecule has 1 aromatic rings. The summed E-state index contributed by atoms with van der Waals surface area (Å²) in [5.41, 5.74) is 0.786. The Morgan fingerprint density at radius 1 is 1.33 bits per heavy atom. The fourth-order valence-electron chi connectivity index (χ4n) is 2.37. The van der Waals surface area contributed by atoms with Crippen molar-refractivity contribution in [3.05, 3.63) is 48.3 Å². The predicted molar refractivity (Wildman–Crippen MR) is 75.6 cm³/mol. The highest BCUT2D eigenvalue weighted by molar-refractivity contribution is 5.85. The van der Waals surface area contributed by atoms with Crippen molar-refractivity contribution in [3.63, 3.8) is 0 Å². The number of rotatable bonds is 4. The first-order valence-corrected chi connectivity index (χ1v) is 6.13. The summed E-state index contributed by atoms with van der Waals surface area (Å²) >= 11 is 0. The van der Waals surface area contributed by atoms with E-state index in [1.54, 1.807) is 6.07 Å². The van der Waals surface area contributed by atoms with Gasteiger partial charge < -0.3 is 5.32 Å². The second kappa shape index (κ2) is 7.52. The molecule has 2 nitrogen and oxygen atoms in total. The van der Waals surface area contributed by atoms with Crippen LogP contribution in [0.5, 0.6) is 0 Å². The van der Waals surface area contributed by atoms with Gasteiger partial charge in [0.15, 0.2) is 0 Å². The molecule has 0 saturated carbocycles. The van der Waals surface area contributed by atoms with Crippen molar-refractivity contribution in [1.29, 1.82) is 0 Å². The number of nitrogens with zero attached hydrogens (tertiary/aromatic N) is 1. The summed E-state index contributed by atoms with van der Waals surface area (Å²) in [4.78, 5) is 2.33. The SMILES string of the molecule is C=CC[C@@H](c1ccccc1F)N1CCNCC1.Cl. The van der Waals surface area contributed by atoms with E-state index in [-0.39, 0.29) is 24.3 Å². The monoisotopic (exact) mass is 270 g/mol. The topological polar surface area (TPSA) is 15.3 Å². The first-order chi connectivity index (χ1) is 8.33. The van der Waals surface area contributed by atoms with Crippen LogP contribution in [0.25, 0.3) is 0 Å². The van der Waals surface area contributed by atoms with E-state index in [4.69, 9.17) is 0 Å². The first-order valence-electron chi connectivity index (χ1n) is 6.13. The third kappa shape index (κ3) is 3.55. The van der Waals surface area contributed by atoms with Crippen LogP contribution in [-0.2, 0) is 0 Å². The second-order valence-corrected chi connectivity index (χ2v) is 4.35. The van der Waals surface area contributed by atoms with Gasteiger partial charge in [-0.1, -0.05) is 24.3 Å². The van der Waals surface area contributed by atoms with E-state index in [2.05, 4.69) is 16.8 Å². The smallest absolute Gasteiger partial charge is 0.127 e. The van der Waals surface area contributed by atoms with Crippen LogP contribution < -0.4 is 5.32 Å². The van der Waals surface area contributed by atoms with E-state index in [1.807, 2.05) is 18.2 Å². The predicted octanol–water partition coefficient (Wildman–Crippen LogP) is 2.77. The molecule has 18 heavy (non-hydrogen) atoms. The van der Waals surface area contributed by atoms with Gasteiger partial charge in [0.1, 0.15) is 5.82 Å². The molecule has 1 N–H and O–H groups in total. The van der Waals surface area contributed by atoms with E-state index in [0.717, 1.165) is 38.2 Å². The van der Waals surface area contributed by atoms with Crippen LogP contribution in [0.2, 0.25) is 0 Å². The van der Waals surface area contributed by atoms with E-state index >= 15 is 0 Å². The Hall–Kier alpha value is -0.900. The first kappa shape index (κ1) is 15.2. The fourth-order valence-corrected chi connectivity index (χ4v) is 2.37. The molecule has 1 atom stereocenters. The minimum atomic E-state index is -0.113. The Labute approximate surface area is 114 Å². The molecule has 0 bridgehead atoms. The third-order valence-electron chi connectivity index (χ3n) is 3.25. The fraction of sp³-hybridized carbons (Fsp3) is 0.429. The van der Waals surface area contributed by atoms with Crippen LogP contribution in [0.3, 0.4) is 0 Å². The second-order valence-electron chi connectivity index (χ2n) is 4.35. The van der Waals surface area contributed by atoms with Crippen LogP contribution in [0.4, 0.5) is 4.39 Å². The van der Waals surface area contributed by atoms with Crippen LogP contribution in [0.15, 0.2) is 36.9 Å². The van der Waals surface area contributed by atoms with Crippen molar-refractivity contribution in [2.75, 3.05) is 26.2 Å². The molecule has 0 amide bonds. The lowest BCUT2D eigenvalue weighted by atomic mass is 10.0. The summed E-state index contributed by atoms with van der Waals surface area (Å²) in [6, 6.07) is 7.17. The molecular weight excluding hydrogens is 251 g/mol. The molecule has 4 heteroatoms. The zero-order valence-electron chi connectivity index (χ0n) is 10.4. The molecular formula is C14H20ClFN2. The van der Waals surface area contributed by atoms with Gasteiger partial charge in [-0.05, 0) is 12.5 Å². The maximum absolute atomic E-state index is 13.8. The van der Waals surface area contributed by atoms with E-state index < -0.39 is 0 Å². The number of hydrogen-bond donors (Lipinski definition) is 1. The van der Waals surface area contributed by atoms with Gasteiger partial charge in [0.2, 0.25) is 0 Å². The molecule has 100 valence electrons. The minimum Gasteiger partial charge on any atom is -0.314 e. The van der Waals surface area contributed by atoms with Crippen molar-refractivity contribution in [2.24, 2.45) is 0 Å². The quantitative estimate of drug-likeness (QED) is 0.847. The number of hydrogen-bond acceptors (Lipinski definition) is 2. The maximum atomic E-state index is 13.8.